The van der Waals surface area contributed by atoms with Crippen molar-refractivity contribution < 1.29 is 9.53 Å². The molecule has 2 aromatic carbocycles. The Hall–Kier alpha value is -3.32. The van der Waals surface area contributed by atoms with Crippen LogP contribution in [-0.4, -0.2) is 34.6 Å². The molecule has 0 bridgehead atoms. The monoisotopic (exact) mass is 425 g/mol. The van der Waals surface area contributed by atoms with Crippen molar-refractivity contribution in [2.24, 2.45) is 5.10 Å². The van der Waals surface area contributed by atoms with Crippen molar-refractivity contribution in [2.75, 3.05) is 12.4 Å². The predicted octanol–water partition coefficient (Wildman–Crippen LogP) is 5.11. The third-order valence-electron chi connectivity index (χ3n) is 4.65. The first-order chi connectivity index (χ1) is 14.3. The molecule has 0 saturated carbocycles. The molecule has 0 atom stereocenters. The Kier molecular flexibility index (Phi) is 6.42. The predicted molar refractivity (Wildman–Crippen MR) is 120 cm³/mol. The van der Waals surface area contributed by atoms with E-state index in [2.05, 4.69) is 22.2 Å². The average molecular weight is 426 g/mol. The zero-order valence-corrected chi connectivity index (χ0v) is 18.2. The third-order valence-corrected chi connectivity index (χ3v) is 5.01. The second-order valence-corrected chi connectivity index (χ2v) is 7.35. The smallest absolute Gasteiger partial charge is 0.341 e. The second-order valence-electron chi connectivity index (χ2n) is 6.94. The number of nitrogens with zero attached hydrogens (tertiary/aromatic N) is 4. The highest BCUT2D eigenvalue weighted by Gasteiger charge is 2.14. The molecule has 156 valence electrons. The number of anilines is 1. The number of nitrogens with one attached hydrogen (secondary N) is 1. The molecule has 2 amide bonds. The number of aryl methyl sites for hydroxylation is 3. The van der Waals surface area contributed by atoms with Crippen molar-refractivity contribution in [3.63, 3.8) is 0 Å². The summed E-state index contributed by atoms with van der Waals surface area (Å²) in [5, 5.41) is 12.5. The van der Waals surface area contributed by atoms with Gasteiger partial charge in [-0.2, -0.15) is 10.2 Å². The van der Waals surface area contributed by atoms with Gasteiger partial charge >= 0.3 is 6.03 Å². The highest BCUT2D eigenvalue weighted by atomic mass is 35.5. The van der Waals surface area contributed by atoms with E-state index in [0.29, 0.717) is 16.3 Å². The zero-order chi connectivity index (χ0) is 21.8. The maximum atomic E-state index is 12.1. The van der Waals surface area contributed by atoms with Gasteiger partial charge in [0.1, 0.15) is 12.4 Å². The number of rotatable bonds is 6. The molecule has 0 radical (unpaired) electrons. The van der Waals surface area contributed by atoms with Crippen LogP contribution < -0.4 is 10.1 Å². The van der Waals surface area contributed by atoms with Crippen LogP contribution in [0.15, 0.2) is 47.6 Å². The maximum Gasteiger partial charge on any atom is 0.341 e. The fraction of sp³-hybridized carbons (Fsp3) is 0.227. The van der Waals surface area contributed by atoms with Crippen LogP contribution in [0.4, 0.5) is 10.5 Å². The quantitative estimate of drug-likeness (QED) is 0.440. The molecule has 0 unspecified atom stereocenters. The lowest BCUT2D eigenvalue weighted by molar-refractivity contribution is 0.224. The van der Waals surface area contributed by atoms with E-state index < -0.39 is 6.03 Å². The van der Waals surface area contributed by atoms with Crippen LogP contribution in [0.5, 0.6) is 5.75 Å². The largest absolute Gasteiger partial charge is 0.488 e. The summed E-state index contributed by atoms with van der Waals surface area (Å²) in [7, 11) is 1.51. The van der Waals surface area contributed by atoms with Crippen LogP contribution in [-0.2, 0) is 6.61 Å². The molecule has 3 rings (SSSR count). The number of aromatic nitrogens is 2. The molecule has 7 nitrogen and oxygen atoms in total. The van der Waals surface area contributed by atoms with E-state index in [1.165, 1.54) is 7.05 Å². The van der Waals surface area contributed by atoms with Gasteiger partial charge in [0, 0.05) is 30.0 Å². The van der Waals surface area contributed by atoms with Crippen molar-refractivity contribution in [3.05, 3.63) is 70.0 Å². The minimum atomic E-state index is -0.418. The van der Waals surface area contributed by atoms with E-state index in [4.69, 9.17) is 16.3 Å². The van der Waals surface area contributed by atoms with Gasteiger partial charge in [-0.3, -0.25) is 0 Å². The maximum absolute atomic E-state index is 12.1. The van der Waals surface area contributed by atoms with Gasteiger partial charge < -0.3 is 10.1 Å². The molecular weight excluding hydrogens is 402 g/mol. The van der Waals surface area contributed by atoms with Crippen molar-refractivity contribution in [1.29, 1.82) is 0 Å². The van der Waals surface area contributed by atoms with Gasteiger partial charge in [-0.25, -0.2) is 14.5 Å². The molecule has 0 aliphatic rings. The van der Waals surface area contributed by atoms with Crippen molar-refractivity contribution in [3.8, 4) is 11.4 Å². The van der Waals surface area contributed by atoms with E-state index in [-0.39, 0.29) is 6.61 Å². The van der Waals surface area contributed by atoms with Gasteiger partial charge in [0.2, 0.25) is 0 Å². The average Bonchev–Trinajstić information content (AvgIpc) is 3.05. The molecule has 0 saturated heterocycles. The highest BCUT2D eigenvalue weighted by Crippen LogP contribution is 2.28. The normalized spacial score (nSPS) is 10.6. The number of hydrazone groups is 1. The molecule has 0 spiro atoms. The van der Waals surface area contributed by atoms with Crippen LogP contribution in [0, 0.1) is 20.8 Å². The van der Waals surface area contributed by atoms with Gasteiger partial charge in [0.05, 0.1) is 17.1 Å². The highest BCUT2D eigenvalue weighted by molar-refractivity contribution is 6.31. The van der Waals surface area contributed by atoms with Crippen LogP contribution >= 0.6 is 11.6 Å². The number of halogens is 1. The Balaban J connectivity index is 1.79. The van der Waals surface area contributed by atoms with Crippen LogP contribution in [0.3, 0.4) is 0 Å². The fourth-order valence-electron chi connectivity index (χ4n) is 3.05. The van der Waals surface area contributed by atoms with Crippen molar-refractivity contribution in [2.45, 2.75) is 27.4 Å². The summed E-state index contributed by atoms with van der Waals surface area (Å²) in [6, 6.07) is 12.8. The summed E-state index contributed by atoms with van der Waals surface area (Å²) in [4.78, 5) is 12.1. The van der Waals surface area contributed by atoms with Crippen molar-refractivity contribution in [1.82, 2.24) is 14.8 Å². The van der Waals surface area contributed by atoms with Gasteiger partial charge in [-0.1, -0.05) is 17.7 Å². The molecule has 8 heteroatoms. The number of ether oxygens (including phenoxy) is 1. The zero-order valence-electron chi connectivity index (χ0n) is 17.4. The Labute approximate surface area is 180 Å². The number of urea groups is 1. The third kappa shape index (κ3) is 4.63. The summed E-state index contributed by atoms with van der Waals surface area (Å²) in [5.74, 6) is 0.724. The lowest BCUT2D eigenvalue weighted by Gasteiger charge is -2.17. The number of hydrogen-bond acceptors (Lipinski definition) is 4. The fourth-order valence-corrected chi connectivity index (χ4v) is 3.28. The Morgan fingerprint density at radius 2 is 2.03 bits per heavy atom. The van der Waals surface area contributed by atoms with E-state index in [9.17, 15) is 4.79 Å². The van der Waals surface area contributed by atoms with Gasteiger partial charge in [0.15, 0.2) is 0 Å². The molecule has 0 aliphatic heterocycles. The first-order valence-corrected chi connectivity index (χ1v) is 9.73. The van der Waals surface area contributed by atoms with Gasteiger partial charge in [0.25, 0.3) is 0 Å². The first kappa shape index (κ1) is 21.4. The molecule has 3 aromatic rings. The second kappa shape index (κ2) is 9.00. The molecule has 0 fully saturated rings. The summed E-state index contributed by atoms with van der Waals surface area (Å²) in [6.07, 6.45) is 0. The lowest BCUT2D eigenvalue weighted by atomic mass is 10.1. The molecule has 0 aliphatic carbocycles. The summed E-state index contributed by atoms with van der Waals surface area (Å²) in [6.45, 7) is 9.50. The number of benzene rings is 2. The number of carbonyl (C=O) groups is 1. The van der Waals surface area contributed by atoms with E-state index in [1.54, 1.807) is 18.2 Å². The first-order valence-electron chi connectivity index (χ1n) is 9.36. The number of hydrogen-bond donors (Lipinski definition) is 1. The minimum Gasteiger partial charge on any atom is -0.488 e. The summed E-state index contributed by atoms with van der Waals surface area (Å²) in [5.41, 5.74) is 5.20. The number of carbonyl (C=O) groups excluding carboxylic acids is 1. The number of amides is 2. The Bertz CT molecular complexity index is 1090. The standard InChI is InChI=1S/C22H24ClN5O2/c1-14-11-17(28-16(3)12-15(2)26-28)9-10-21(14)30-13-18-19(23)7-6-8-20(18)25-22(29)27(5)24-4/h6-12H,4,13H2,1-3,5H3,(H,25,29). The van der Waals surface area contributed by atoms with Crippen molar-refractivity contribution >= 4 is 30.0 Å². The summed E-state index contributed by atoms with van der Waals surface area (Å²) < 4.78 is 7.92. The molecular formula is C22H24ClN5O2. The lowest BCUT2D eigenvalue weighted by Crippen LogP contribution is -2.27. The summed E-state index contributed by atoms with van der Waals surface area (Å²) >= 11 is 6.37. The van der Waals surface area contributed by atoms with Crippen LogP contribution in [0.2, 0.25) is 5.02 Å². The molecule has 1 N–H and O–H groups in total. The minimum absolute atomic E-state index is 0.195. The Morgan fingerprint density at radius 1 is 1.27 bits per heavy atom. The SMILES string of the molecule is C=NN(C)C(=O)Nc1cccc(Cl)c1COc1ccc(-n2nc(C)cc2C)cc1C. The van der Waals surface area contributed by atoms with Crippen LogP contribution in [0.25, 0.3) is 5.69 Å². The van der Waals surface area contributed by atoms with E-state index >= 15 is 0 Å². The topological polar surface area (TPSA) is 71.8 Å². The van der Waals surface area contributed by atoms with Gasteiger partial charge in [-0.05, 0) is 62.7 Å². The van der Waals surface area contributed by atoms with E-state index in [1.807, 2.05) is 49.7 Å². The van der Waals surface area contributed by atoms with Gasteiger partial charge in [-0.15, -0.1) is 0 Å². The molecule has 1 heterocycles. The Morgan fingerprint density at radius 3 is 2.67 bits per heavy atom. The molecule has 1 aromatic heterocycles. The van der Waals surface area contributed by atoms with Crippen LogP contribution in [0.1, 0.15) is 22.5 Å². The van der Waals surface area contributed by atoms with E-state index in [0.717, 1.165) is 33.4 Å². The molecule has 30 heavy (non-hydrogen) atoms.